The molecule has 1 fully saturated rings. The Bertz CT molecular complexity index is 2070. The maximum absolute atomic E-state index is 15.4. The van der Waals surface area contributed by atoms with Gasteiger partial charge < -0.3 is 19.5 Å². The van der Waals surface area contributed by atoms with Crippen LogP contribution in [0.3, 0.4) is 0 Å². The number of imide groups is 1. The highest BCUT2D eigenvalue weighted by Crippen LogP contribution is 2.41. The molecule has 63 heavy (non-hydrogen) atoms. The number of ether oxygens (including phenoxy) is 1. The largest absolute Gasteiger partial charge is 0.466 e. The number of amides is 4. The quantitative estimate of drug-likeness (QED) is 0.0387. The Labute approximate surface area is 375 Å². The van der Waals surface area contributed by atoms with Crippen LogP contribution in [0.1, 0.15) is 87.9 Å². The fourth-order valence-electron chi connectivity index (χ4n) is 8.03. The number of unbranched alkanes of at least 4 members (excludes halogenated alkanes) is 1. The van der Waals surface area contributed by atoms with Gasteiger partial charge in [-0.2, -0.15) is 11.8 Å². The summed E-state index contributed by atoms with van der Waals surface area (Å²) in [5.74, 6) is -2.39. The zero-order valence-electron chi connectivity index (χ0n) is 36.9. The third-order valence-corrected chi connectivity index (χ3v) is 14.1. The Hall–Kier alpha value is -4.89. The standard InChI is InChI=1S/C48H62F2N4O7SSi/c1-63(2,3)28-26-61-47(60)18-10-11-25-53(46(59)34-62-27-23-43(56)51-24-12-17-39(55)33-54-44(57)21-22-45(54)58)48(36-15-8-5-9-16-36)42-29-37(40-30-38(49)19-20-41(40)50)32-52(42)31-35-13-6-4-7-14-35/h4,6-7,13-14,19-22,29-30,32,36,48H,5,8-12,15-18,23-28,31,33-34H2,1-3H3,(H,51,56)/t48-/m1/s1. The van der Waals surface area contributed by atoms with Crippen LogP contribution in [-0.4, -0.2) is 95.6 Å². The molecule has 340 valence electrons. The molecule has 2 aromatic carbocycles. The monoisotopic (exact) mass is 904 g/mol. The number of hydrogen-bond donors (Lipinski definition) is 1. The van der Waals surface area contributed by atoms with Gasteiger partial charge in [-0.25, -0.2) is 8.78 Å². The Balaban J connectivity index is 1.30. The van der Waals surface area contributed by atoms with Crippen LogP contribution in [0.25, 0.3) is 11.1 Å². The lowest BCUT2D eigenvalue weighted by Crippen LogP contribution is -2.42. The number of halogens is 2. The second-order valence-electron chi connectivity index (χ2n) is 17.7. The van der Waals surface area contributed by atoms with Gasteiger partial charge >= 0.3 is 5.97 Å². The van der Waals surface area contributed by atoms with E-state index in [1.54, 1.807) is 0 Å². The van der Waals surface area contributed by atoms with Gasteiger partial charge in [0.2, 0.25) is 11.8 Å². The first-order valence-electron chi connectivity index (χ1n) is 22.2. The molecule has 3 aromatic rings. The summed E-state index contributed by atoms with van der Waals surface area (Å²) >= 11 is 1.36. The van der Waals surface area contributed by atoms with Gasteiger partial charge in [0, 0.05) is 87.9 Å². The summed E-state index contributed by atoms with van der Waals surface area (Å²) in [5, 5.41) is 2.81. The number of thioether (sulfide) groups is 1. The fraction of sp³-hybridized carbons (Fsp3) is 0.500. The molecule has 0 saturated heterocycles. The van der Waals surface area contributed by atoms with Gasteiger partial charge in [-0.1, -0.05) is 69.2 Å². The number of Topliss-reactive ketones (excluding diaryl/α,β-unsaturated/α-hetero) is 1. The predicted molar refractivity (Wildman–Crippen MR) is 244 cm³/mol. The summed E-state index contributed by atoms with van der Waals surface area (Å²) < 4.78 is 37.6. The summed E-state index contributed by atoms with van der Waals surface area (Å²) in [5.41, 5.74) is 2.51. The van der Waals surface area contributed by atoms with Crippen LogP contribution >= 0.6 is 11.8 Å². The van der Waals surface area contributed by atoms with Gasteiger partial charge in [0.25, 0.3) is 11.8 Å². The van der Waals surface area contributed by atoms with E-state index in [1.807, 2.05) is 47.5 Å². The maximum atomic E-state index is 15.4. The normalized spacial score (nSPS) is 14.8. The van der Waals surface area contributed by atoms with E-state index in [4.69, 9.17) is 4.74 Å². The SMILES string of the molecule is C[Si](C)(C)CCOC(=O)CCCCN(C(=O)CSCCC(=O)NCCCC(=O)CN1C(=O)C=CC1=O)[C@@H](c1cc(-c2cc(F)ccc2F)cn1Cc1ccccc1)C1CCCCC1. The first kappa shape index (κ1) is 49.1. The minimum Gasteiger partial charge on any atom is -0.466 e. The number of rotatable bonds is 25. The Morgan fingerprint density at radius 1 is 0.905 bits per heavy atom. The van der Waals surface area contributed by atoms with Gasteiger partial charge in [0.15, 0.2) is 5.78 Å². The van der Waals surface area contributed by atoms with Crippen molar-refractivity contribution in [1.29, 1.82) is 0 Å². The van der Waals surface area contributed by atoms with Crippen molar-refractivity contribution in [3.63, 3.8) is 0 Å². The van der Waals surface area contributed by atoms with Gasteiger partial charge in [0.1, 0.15) is 11.6 Å². The second-order valence-corrected chi connectivity index (χ2v) is 24.4. The van der Waals surface area contributed by atoms with Crippen LogP contribution in [0.4, 0.5) is 8.78 Å². The molecule has 2 aliphatic rings. The van der Waals surface area contributed by atoms with Crippen molar-refractivity contribution in [2.45, 2.75) is 109 Å². The molecule has 0 spiro atoms. The molecule has 15 heteroatoms. The highest BCUT2D eigenvalue weighted by molar-refractivity contribution is 7.99. The average Bonchev–Trinajstić information content (AvgIpc) is 3.80. The van der Waals surface area contributed by atoms with E-state index in [0.717, 1.165) is 78.6 Å². The number of nitrogens with one attached hydrogen (secondary N) is 1. The summed E-state index contributed by atoms with van der Waals surface area (Å²) in [6, 6.07) is 15.7. The van der Waals surface area contributed by atoms with Crippen molar-refractivity contribution in [3.05, 3.63) is 95.8 Å². The third-order valence-electron chi connectivity index (χ3n) is 11.5. The van der Waals surface area contributed by atoms with Crippen LogP contribution < -0.4 is 5.32 Å². The minimum absolute atomic E-state index is 0.0968. The van der Waals surface area contributed by atoms with Gasteiger partial charge in [-0.05, 0) is 73.9 Å². The highest BCUT2D eigenvalue weighted by atomic mass is 32.2. The molecule has 1 saturated carbocycles. The van der Waals surface area contributed by atoms with E-state index < -0.39 is 31.5 Å². The molecule has 0 bridgehead atoms. The van der Waals surface area contributed by atoms with Gasteiger partial charge in [-0.3, -0.25) is 33.7 Å². The number of hydrogen-bond acceptors (Lipinski definition) is 8. The van der Waals surface area contributed by atoms with Crippen molar-refractivity contribution in [2.75, 3.05) is 37.7 Å². The van der Waals surface area contributed by atoms with E-state index >= 15 is 4.39 Å². The zero-order valence-corrected chi connectivity index (χ0v) is 38.7. The molecule has 1 aromatic heterocycles. The van der Waals surface area contributed by atoms with E-state index in [0.29, 0.717) is 50.3 Å². The average molecular weight is 905 g/mol. The number of aromatic nitrogens is 1. The molecule has 1 aliphatic carbocycles. The van der Waals surface area contributed by atoms with Crippen molar-refractivity contribution < 1.29 is 42.3 Å². The third kappa shape index (κ3) is 15.7. The van der Waals surface area contributed by atoms with Crippen molar-refractivity contribution in [1.82, 2.24) is 19.7 Å². The van der Waals surface area contributed by atoms with Gasteiger partial charge in [-0.15, -0.1) is 0 Å². The van der Waals surface area contributed by atoms with Crippen LogP contribution in [0.5, 0.6) is 0 Å². The van der Waals surface area contributed by atoms with Crippen molar-refractivity contribution >= 4 is 55.2 Å². The molecule has 1 atom stereocenters. The van der Waals surface area contributed by atoms with Crippen LogP contribution in [0.15, 0.2) is 72.9 Å². The Kier molecular flexibility index (Phi) is 18.9. The Morgan fingerprint density at radius 3 is 2.35 bits per heavy atom. The lowest BCUT2D eigenvalue weighted by atomic mass is 9.81. The highest BCUT2D eigenvalue weighted by Gasteiger charge is 2.35. The molecule has 2 heterocycles. The van der Waals surface area contributed by atoms with Crippen molar-refractivity contribution in [2.24, 2.45) is 5.92 Å². The zero-order chi connectivity index (χ0) is 45.4. The number of carbonyl (C=O) groups excluding carboxylic acids is 6. The van der Waals surface area contributed by atoms with E-state index in [9.17, 15) is 33.2 Å². The second kappa shape index (κ2) is 24.2. The van der Waals surface area contributed by atoms with Crippen LogP contribution in [0, 0.1) is 17.6 Å². The lowest BCUT2D eigenvalue weighted by molar-refractivity contribution is -0.143. The maximum Gasteiger partial charge on any atom is 0.305 e. The van der Waals surface area contributed by atoms with Crippen molar-refractivity contribution in [3.8, 4) is 11.1 Å². The summed E-state index contributed by atoms with van der Waals surface area (Å²) in [7, 11) is -1.37. The van der Waals surface area contributed by atoms with E-state index in [2.05, 4.69) is 29.5 Å². The number of ketones is 1. The smallest absolute Gasteiger partial charge is 0.305 e. The molecule has 0 unspecified atom stereocenters. The summed E-state index contributed by atoms with van der Waals surface area (Å²) in [4.78, 5) is 78.7. The number of carbonyl (C=O) groups is 6. The Morgan fingerprint density at radius 2 is 1.63 bits per heavy atom. The summed E-state index contributed by atoms with van der Waals surface area (Å²) in [6.45, 7) is 7.89. The lowest BCUT2D eigenvalue weighted by Gasteiger charge is -2.40. The van der Waals surface area contributed by atoms with Crippen LogP contribution in [-0.2, 0) is 40.0 Å². The molecule has 4 amide bonds. The molecular formula is C48H62F2N4O7SSi. The van der Waals surface area contributed by atoms with E-state index in [1.165, 1.54) is 17.8 Å². The molecule has 0 radical (unpaired) electrons. The molecule has 1 N–H and O–H groups in total. The number of nitrogens with zero attached hydrogens (tertiary/aromatic N) is 3. The van der Waals surface area contributed by atoms with E-state index in [-0.39, 0.29) is 79.2 Å². The first-order chi connectivity index (χ1) is 30.2. The molecule has 5 rings (SSSR count). The molecular weight excluding hydrogens is 843 g/mol. The van der Waals surface area contributed by atoms with Gasteiger partial charge in [0.05, 0.1) is 24.9 Å². The van der Waals surface area contributed by atoms with Crippen LogP contribution in [0.2, 0.25) is 25.7 Å². The summed E-state index contributed by atoms with van der Waals surface area (Å²) in [6.07, 6.45) is 10.9. The number of benzene rings is 2. The topological polar surface area (TPSA) is 135 Å². The molecule has 11 nitrogen and oxygen atoms in total. The minimum atomic E-state index is -1.37. The predicted octanol–water partition coefficient (Wildman–Crippen LogP) is 8.50. The molecule has 1 aliphatic heterocycles. The first-order valence-corrected chi connectivity index (χ1v) is 27.1. The fourth-order valence-corrected chi connectivity index (χ4v) is 9.56. The number of esters is 1.